The Labute approximate surface area is 371 Å². The Balaban J connectivity index is 0.889. The molecule has 0 bridgehead atoms. The zero-order valence-electron chi connectivity index (χ0n) is 35.4. The van der Waals surface area contributed by atoms with Crippen molar-refractivity contribution in [1.82, 2.24) is 9.97 Å². The van der Waals surface area contributed by atoms with Crippen molar-refractivity contribution in [2.24, 2.45) is 0 Å². The Bertz CT molecular complexity index is 3880. The molecule has 300 valence electrons. The SMILES string of the molecule is CC1(C)c2cc3ccccc3cc2-c2c(-c3cc(-c4ccc5cc(-c6cccc(-c7ccc8oc9ccc%10ccccc%10c9c8c7)c6)ccc5c4)nc(-c4ccccc4)n3)cccc21. The van der Waals surface area contributed by atoms with Crippen LogP contribution < -0.4 is 0 Å². The van der Waals surface area contributed by atoms with Crippen molar-refractivity contribution in [3.8, 4) is 67.3 Å². The molecule has 0 aliphatic heterocycles. The lowest BCUT2D eigenvalue weighted by Gasteiger charge is -2.22. The fraction of sp³-hybridized carbons (Fsp3) is 0.0492. The number of aromatic nitrogens is 2. The lowest BCUT2D eigenvalue weighted by atomic mass is 9.81. The van der Waals surface area contributed by atoms with Crippen molar-refractivity contribution in [2.75, 3.05) is 0 Å². The van der Waals surface area contributed by atoms with Gasteiger partial charge in [0.2, 0.25) is 0 Å². The first kappa shape index (κ1) is 36.5. The van der Waals surface area contributed by atoms with Crippen LogP contribution in [0.5, 0.6) is 0 Å². The van der Waals surface area contributed by atoms with E-state index in [9.17, 15) is 0 Å². The Morgan fingerprint density at radius 3 is 1.78 bits per heavy atom. The highest BCUT2D eigenvalue weighted by Gasteiger charge is 2.37. The smallest absolute Gasteiger partial charge is 0.160 e. The molecule has 0 saturated heterocycles. The van der Waals surface area contributed by atoms with E-state index in [-0.39, 0.29) is 5.41 Å². The zero-order chi connectivity index (χ0) is 42.5. The topological polar surface area (TPSA) is 38.9 Å². The Morgan fingerprint density at radius 2 is 0.953 bits per heavy atom. The van der Waals surface area contributed by atoms with Crippen molar-refractivity contribution < 1.29 is 4.42 Å². The highest BCUT2D eigenvalue weighted by molar-refractivity contribution is 6.19. The Kier molecular flexibility index (Phi) is 7.95. The van der Waals surface area contributed by atoms with Crippen molar-refractivity contribution in [3.63, 3.8) is 0 Å². The molecular formula is C61H40N2O. The molecule has 2 aromatic heterocycles. The van der Waals surface area contributed by atoms with Gasteiger partial charge in [-0.05, 0) is 131 Å². The summed E-state index contributed by atoms with van der Waals surface area (Å²) in [6, 6.07) is 74.3. The molecule has 2 heterocycles. The Hall–Kier alpha value is -8.14. The first-order valence-electron chi connectivity index (χ1n) is 22.0. The molecule has 1 aliphatic carbocycles. The minimum absolute atomic E-state index is 0.152. The van der Waals surface area contributed by atoms with Crippen LogP contribution in [0, 0.1) is 0 Å². The average Bonchev–Trinajstić information content (AvgIpc) is 3.84. The number of fused-ring (bicyclic) bond motifs is 10. The molecule has 13 rings (SSSR count). The van der Waals surface area contributed by atoms with Crippen LogP contribution in [0.2, 0.25) is 0 Å². The van der Waals surface area contributed by atoms with E-state index in [0.29, 0.717) is 5.82 Å². The van der Waals surface area contributed by atoms with E-state index in [2.05, 4.69) is 214 Å². The average molecular weight is 817 g/mol. The highest BCUT2D eigenvalue weighted by atomic mass is 16.3. The van der Waals surface area contributed by atoms with Crippen LogP contribution in [0.3, 0.4) is 0 Å². The van der Waals surface area contributed by atoms with Crippen molar-refractivity contribution in [2.45, 2.75) is 19.3 Å². The third-order valence-electron chi connectivity index (χ3n) is 13.6. The molecule has 0 spiro atoms. The van der Waals surface area contributed by atoms with Crippen molar-refractivity contribution in [1.29, 1.82) is 0 Å². The van der Waals surface area contributed by atoms with Gasteiger partial charge >= 0.3 is 0 Å². The summed E-state index contributed by atoms with van der Waals surface area (Å²) in [5, 5.41) is 9.58. The van der Waals surface area contributed by atoms with Gasteiger partial charge in [-0.1, -0.05) is 166 Å². The van der Waals surface area contributed by atoms with Gasteiger partial charge in [0.05, 0.1) is 11.4 Å². The van der Waals surface area contributed by atoms with Crippen molar-refractivity contribution >= 4 is 54.3 Å². The second-order valence-corrected chi connectivity index (χ2v) is 17.8. The molecule has 0 radical (unpaired) electrons. The summed E-state index contributed by atoms with van der Waals surface area (Å²) in [4.78, 5) is 10.6. The van der Waals surface area contributed by atoms with Crippen LogP contribution >= 0.6 is 0 Å². The predicted octanol–water partition coefficient (Wildman–Crippen LogP) is 16.5. The third kappa shape index (κ3) is 5.74. The standard InChI is InChI=1S/C61H40N2O/c1-61(2)52-21-11-20-49(58(52)50-33-41-15-6-7-16-42(41)35-53(50)61)55-36-54(62-60(63-55)38-13-4-3-5-14-38)47-25-24-44-31-43(22-23-45(44)32-47)39-17-10-18-40(30-39)46-27-28-56-51(34-46)59-48-19-9-8-12-37(48)26-29-57(59)64-56/h3-36H,1-2H3. The molecule has 0 amide bonds. The second-order valence-electron chi connectivity index (χ2n) is 17.8. The van der Waals surface area contributed by atoms with Gasteiger partial charge in [0.25, 0.3) is 0 Å². The van der Waals surface area contributed by atoms with E-state index in [0.717, 1.165) is 55.6 Å². The second kappa shape index (κ2) is 13.9. The summed E-state index contributed by atoms with van der Waals surface area (Å²) in [5.74, 6) is 0.713. The maximum absolute atomic E-state index is 6.31. The van der Waals surface area contributed by atoms with Gasteiger partial charge in [-0.2, -0.15) is 0 Å². The van der Waals surface area contributed by atoms with E-state index in [1.165, 1.54) is 71.3 Å². The van der Waals surface area contributed by atoms with E-state index >= 15 is 0 Å². The number of rotatable bonds is 5. The zero-order valence-corrected chi connectivity index (χ0v) is 35.4. The number of benzene rings is 10. The largest absolute Gasteiger partial charge is 0.456 e. The summed E-state index contributed by atoms with van der Waals surface area (Å²) in [6.07, 6.45) is 0. The summed E-state index contributed by atoms with van der Waals surface area (Å²) in [7, 11) is 0. The molecule has 1 aliphatic rings. The van der Waals surface area contributed by atoms with Crippen molar-refractivity contribution in [3.05, 3.63) is 217 Å². The monoisotopic (exact) mass is 816 g/mol. The lowest BCUT2D eigenvalue weighted by Crippen LogP contribution is -2.14. The summed E-state index contributed by atoms with van der Waals surface area (Å²) in [6.45, 7) is 4.69. The minimum atomic E-state index is -0.152. The number of nitrogens with zero attached hydrogens (tertiary/aromatic N) is 2. The first-order chi connectivity index (χ1) is 31.4. The van der Waals surface area contributed by atoms with Gasteiger partial charge < -0.3 is 4.42 Å². The Morgan fingerprint density at radius 1 is 0.359 bits per heavy atom. The van der Waals surface area contributed by atoms with Crippen LogP contribution in [0.15, 0.2) is 211 Å². The summed E-state index contributed by atoms with van der Waals surface area (Å²) >= 11 is 0. The van der Waals surface area contributed by atoms with E-state index in [1.54, 1.807) is 0 Å². The maximum Gasteiger partial charge on any atom is 0.160 e. The lowest BCUT2D eigenvalue weighted by molar-refractivity contribution is 0.661. The van der Waals surface area contributed by atoms with Gasteiger partial charge in [0.15, 0.2) is 5.82 Å². The molecule has 0 saturated carbocycles. The van der Waals surface area contributed by atoms with Gasteiger partial charge in [-0.25, -0.2) is 9.97 Å². The maximum atomic E-state index is 6.31. The summed E-state index contributed by atoms with van der Waals surface area (Å²) < 4.78 is 6.31. The van der Waals surface area contributed by atoms with Gasteiger partial charge in [0, 0.05) is 32.9 Å². The highest BCUT2D eigenvalue weighted by Crippen LogP contribution is 2.53. The van der Waals surface area contributed by atoms with E-state index < -0.39 is 0 Å². The van der Waals surface area contributed by atoms with Crippen LogP contribution in [0.25, 0.3) is 122 Å². The normalized spacial score (nSPS) is 13.0. The molecule has 0 fully saturated rings. The fourth-order valence-electron chi connectivity index (χ4n) is 10.3. The predicted molar refractivity (Wildman–Crippen MR) is 267 cm³/mol. The van der Waals surface area contributed by atoms with E-state index in [4.69, 9.17) is 14.4 Å². The number of hydrogen-bond acceptors (Lipinski definition) is 3. The first-order valence-corrected chi connectivity index (χ1v) is 22.0. The molecule has 3 heteroatoms. The minimum Gasteiger partial charge on any atom is -0.456 e. The molecule has 3 nitrogen and oxygen atoms in total. The molecule has 64 heavy (non-hydrogen) atoms. The summed E-state index contributed by atoms with van der Waals surface area (Å²) in [5.41, 5.74) is 16.5. The molecule has 12 aromatic rings. The number of furan rings is 1. The van der Waals surface area contributed by atoms with Crippen LogP contribution in [0.1, 0.15) is 25.0 Å². The van der Waals surface area contributed by atoms with Crippen LogP contribution in [-0.2, 0) is 5.41 Å². The molecule has 0 N–H and O–H groups in total. The third-order valence-corrected chi connectivity index (χ3v) is 13.6. The van der Waals surface area contributed by atoms with E-state index in [1.807, 2.05) is 6.07 Å². The van der Waals surface area contributed by atoms with Crippen LogP contribution in [-0.4, -0.2) is 9.97 Å². The fourth-order valence-corrected chi connectivity index (χ4v) is 10.3. The molecule has 0 unspecified atom stereocenters. The van der Waals surface area contributed by atoms with Gasteiger partial charge in [-0.15, -0.1) is 0 Å². The van der Waals surface area contributed by atoms with Gasteiger partial charge in [0.1, 0.15) is 11.2 Å². The molecule has 0 atom stereocenters. The molecule has 10 aromatic carbocycles. The van der Waals surface area contributed by atoms with Crippen LogP contribution in [0.4, 0.5) is 0 Å². The molecular weight excluding hydrogens is 777 g/mol. The van der Waals surface area contributed by atoms with Gasteiger partial charge in [-0.3, -0.25) is 0 Å². The quantitative estimate of drug-likeness (QED) is 0.174. The number of hydrogen-bond donors (Lipinski definition) is 0.